The lowest BCUT2D eigenvalue weighted by Gasteiger charge is -2.25. The maximum Gasteiger partial charge on any atom is 0.211 e. The van der Waals surface area contributed by atoms with Crippen molar-refractivity contribution in [3.05, 3.63) is 93.0 Å². The summed E-state index contributed by atoms with van der Waals surface area (Å²) in [6, 6.07) is 0. The van der Waals surface area contributed by atoms with Gasteiger partial charge in [-0.25, -0.2) is 0 Å². The number of rotatable bonds is 19. The van der Waals surface area contributed by atoms with Crippen LogP contribution in [0.4, 0.5) is 0 Å². The number of morpholine rings is 1. The lowest BCUT2D eigenvalue weighted by Crippen LogP contribution is -2.36. The van der Waals surface area contributed by atoms with Gasteiger partial charge in [0, 0.05) is 75.7 Å². The molecule has 2 N–H and O–H groups in total. The highest BCUT2D eigenvalue weighted by Crippen LogP contribution is 2.33. The van der Waals surface area contributed by atoms with Crippen LogP contribution < -0.4 is 10.6 Å². The number of halogens is 2. The minimum absolute atomic E-state index is 0.183. The zero-order valence-corrected chi connectivity index (χ0v) is 31.5. The number of methoxy groups -OCH3 is 2. The first-order valence-corrected chi connectivity index (χ1v) is 16.8. The lowest BCUT2D eigenvalue weighted by atomic mass is 9.97. The predicted molar refractivity (Wildman–Crippen MR) is 201 cm³/mol. The number of alkyl halides is 1. The van der Waals surface area contributed by atoms with Gasteiger partial charge in [0.05, 0.1) is 44.0 Å². The van der Waals surface area contributed by atoms with Crippen molar-refractivity contribution in [2.24, 2.45) is 9.98 Å². The molecule has 10 nitrogen and oxygen atoms in total. The van der Waals surface area contributed by atoms with Crippen LogP contribution in [0.5, 0.6) is 0 Å². The Morgan fingerprint density at radius 3 is 2.42 bits per heavy atom. The maximum absolute atomic E-state index is 11.2. The van der Waals surface area contributed by atoms with Gasteiger partial charge in [0.15, 0.2) is 0 Å². The highest BCUT2D eigenvalue weighted by molar-refractivity contribution is 6.33. The number of amides is 1. The number of likely N-dealkylation sites (N-methyl/N-ethyl adjacent to an activating group) is 1. The van der Waals surface area contributed by atoms with E-state index in [1.165, 1.54) is 0 Å². The largest absolute Gasteiger partial charge is 0.500 e. The van der Waals surface area contributed by atoms with E-state index in [0.717, 1.165) is 61.7 Å². The summed E-state index contributed by atoms with van der Waals surface area (Å²) < 4.78 is 16.5. The van der Waals surface area contributed by atoms with Crippen LogP contribution in [0.3, 0.4) is 0 Å². The molecule has 0 aromatic rings. The minimum atomic E-state index is 0.183. The van der Waals surface area contributed by atoms with E-state index in [2.05, 4.69) is 31.6 Å². The first kappa shape index (κ1) is 42.5. The number of aliphatic imine (C=N–C) groups is 2. The summed E-state index contributed by atoms with van der Waals surface area (Å²) in [5, 5.41) is 6.53. The summed E-state index contributed by atoms with van der Waals surface area (Å²) in [7, 11) is 6.87. The van der Waals surface area contributed by atoms with Crippen LogP contribution in [0, 0.1) is 0 Å². The van der Waals surface area contributed by atoms with Gasteiger partial charge in [-0.05, 0) is 57.9 Å². The molecule has 0 bridgehead atoms. The Kier molecular flexibility index (Phi) is 21.7. The van der Waals surface area contributed by atoms with E-state index >= 15 is 0 Å². The molecule has 1 aliphatic rings. The maximum atomic E-state index is 11.2. The number of carbonyl (C=O) groups is 1. The molecule has 1 heterocycles. The normalized spacial score (nSPS) is 17.4. The van der Waals surface area contributed by atoms with Gasteiger partial charge in [-0.3, -0.25) is 19.7 Å². The van der Waals surface area contributed by atoms with E-state index in [-0.39, 0.29) is 5.88 Å². The van der Waals surface area contributed by atoms with Crippen molar-refractivity contribution in [3.63, 3.8) is 0 Å². The number of hydrogen-bond donors (Lipinski definition) is 2. The van der Waals surface area contributed by atoms with Gasteiger partial charge in [0.25, 0.3) is 0 Å². The Morgan fingerprint density at radius 2 is 1.85 bits per heavy atom. The Morgan fingerprint density at radius 1 is 1.15 bits per heavy atom. The van der Waals surface area contributed by atoms with Crippen LogP contribution in [-0.2, 0) is 19.0 Å². The van der Waals surface area contributed by atoms with Gasteiger partial charge in [-0.1, -0.05) is 36.2 Å². The van der Waals surface area contributed by atoms with Crippen LogP contribution >= 0.6 is 23.2 Å². The van der Waals surface area contributed by atoms with Gasteiger partial charge in [-0.15, -0.1) is 11.6 Å². The Labute approximate surface area is 298 Å². The quantitative estimate of drug-likeness (QED) is 0.0399. The third-order valence-corrected chi connectivity index (χ3v) is 7.92. The molecular weight excluding hydrogens is 651 g/mol. The molecule has 1 amide bonds. The van der Waals surface area contributed by atoms with Crippen molar-refractivity contribution < 1.29 is 19.0 Å². The molecule has 48 heavy (non-hydrogen) atoms. The number of amidine groups is 1. The molecule has 0 aromatic carbocycles. The molecule has 1 saturated heterocycles. The molecule has 0 radical (unpaired) electrons. The second kappa shape index (κ2) is 24.6. The van der Waals surface area contributed by atoms with Crippen LogP contribution in [-0.4, -0.2) is 102 Å². The summed E-state index contributed by atoms with van der Waals surface area (Å²) in [4.78, 5) is 24.5. The summed E-state index contributed by atoms with van der Waals surface area (Å²) in [6.07, 6.45) is 16.7. The molecule has 0 unspecified atom stereocenters. The smallest absolute Gasteiger partial charge is 0.211 e. The van der Waals surface area contributed by atoms with Gasteiger partial charge in [0.2, 0.25) is 6.41 Å². The second-order valence-electron chi connectivity index (χ2n) is 10.8. The molecule has 0 aliphatic carbocycles. The first-order chi connectivity index (χ1) is 23.1. The fraction of sp³-hybridized carbons (Fsp3) is 0.472. The zero-order chi connectivity index (χ0) is 35.9. The SMILES string of the molecule is C\C=C(OC)/C(CCl)=C(C(=C\CC)\C=N\C=C/N(C)C/C(C)=C/C(=N\C)NC(/C=C\CN1CCOCC1)=C(/C)NC=O)/C(Cl)=C(\C)OC. The van der Waals surface area contributed by atoms with E-state index in [4.69, 9.17) is 37.4 Å². The zero-order valence-electron chi connectivity index (χ0n) is 30.0. The topological polar surface area (TPSA) is 100 Å². The molecule has 1 rings (SSSR count). The van der Waals surface area contributed by atoms with Crippen molar-refractivity contribution in [2.75, 3.05) is 73.6 Å². The van der Waals surface area contributed by atoms with Crippen molar-refractivity contribution >= 4 is 41.7 Å². The number of carbonyl (C=O) groups excluding carboxylic acids is 1. The van der Waals surface area contributed by atoms with Gasteiger partial charge in [-0.2, -0.15) is 0 Å². The molecule has 0 atom stereocenters. The molecule has 12 heteroatoms. The van der Waals surface area contributed by atoms with Crippen molar-refractivity contribution in [2.45, 2.75) is 41.0 Å². The molecule has 1 aliphatic heterocycles. The third-order valence-electron chi connectivity index (χ3n) is 7.20. The number of nitrogens with zero attached hydrogens (tertiary/aromatic N) is 4. The molecule has 0 aromatic heterocycles. The standard InChI is InChI=1S/C36H54Cl2N6O4/c1-10-13-30(35(36(38)29(5)46-8)31(23-37)33(11-2)47-9)24-40-15-17-43(7)25-27(3)22-34(39-6)42-32(28(4)41-26-45)14-12-16-44-18-20-48-21-19-44/h11-15,17,22,24,26H,10,16,18-21,23,25H2,1-9H3,(H,39,42)(H,41,45)/b14-12-,17-15-,27-22+,30-13+,32-28-,33-11+,35-31+,36-29-,40-24+. The number of allylic oxidation sites excluding steroid dienone is 9. The van der Waals surface area contributed by atoms with Crippen LogP contribution in [0.25, 0.3) is 0 Å². The van der Waals surface area contributed by atoms with Crippen molar-refractivity contribution in [3.8, 4) is 0 Å². The first-order valence-electron chi connectivity index (χ1n) is 15.9. The fourth-order valence-electron chi connectivity index (χ4n) is 4.63. The van der Waals surface area contributed by atoms with E-state index in [0.29, 0.717) is 46.6 Å². The molecule has 0 spiro atoms. The third kappa shape index (κ3) is 15.1. The summed E-state index contributed by atoms with van der Waals surface area (Å²) in [5.41, 5.74) is 4.75. The van der Waals surface area contributed by atoms with Gasteiger partial charge >= 0.3 is 0 Å². The van der Waals surface area contributed by atoms with E-state index in [1.807, 2.05) is 70.1 Å². The summed E-state index contributed by atoms with van der Waals surface area (Å²) >= 11 is 13.2. The lowest BCUT2D eigenvalue weighted by molar-refractivity contribution is -0.108. The monoisotopic (exact) mass is 704 g/mol. The van der Waals surface area contributed by atoms with Crippen LogP contribution in [0.2, 0.25) is 0 Å². The van der Waals surface area contributed by atoms with Gasteiger partial charge in [0.1, 0.15) is 17.4 Å². The Bertz CT molecular complexity index is 1350. The average molecular weight is 706 g/mol. The number of nitrogens with one attached hydrogen (secondary N) is 2. The highest BCUT2D eigenvalue weighted by Gasteiger charge is 2.20. The number of ether oxygens (including phenoxy) is 3. The van der Waals surface area contributed by atoms with Crippen molar-refractivity contribution in [1.29, 1.82) is 0 Å². The molecule has 1 fully saturated rings. The number of hydrogen-bond acceptors (Lipinski definition) is 8. The van der Waals surface area contributed by atoms with Gasteiger partial charge < -0.3 is 29.7 Å². The highest BCUT2D eigenvalue weighted by atomic mass is 35.5. The summed E-state index contributed by atoms with van der Waals surface area (Å²) in [5.74, 6) is 2.03. The average Bonchev–Trinajstić information content (AvgIpc) is 3.08. The van der Waals surface area contributed by atoms with E-state index < -0.39 is 0 Å². The minimum Gasteiger partial charge on any atom is -0.500 e. The summed E-state index contributed by atoms with van der Waals surface area (Å²) in [6.45, 7) is 14.3. The predicted octanol–water partition coefficient (Wildman–Crippen LogP) is 6.43. The van der Waals surface area contributed by atoms with Crippen molar-refractivity contribution in [1.82, 2.24) is 20.4 Å². The van der Waals surface area contributed by atoms with Crippen LogP contribution in [0.1, 0.15) is 41.0 Å². The molecular formula is C36H54Cl2N6O4. The molecule has 266 valence electrons. The molecule has 0 saturated carbocycles. The van der Waals surface area contributed by atoms with Crippen LogP contribution in [0.15, 0.2) is 103 Å². The Hall–Kier alpha value is -3.57. The Balaban J connectivity index is 3.15. The second-order valence-corrected chi connectivity index (χ2v) is 11.5. The fourth-order valence-corrected chi connectivity index (χ4v) is 5.20. The van der Waals surface area contributed by atoms with E-state index in [9.17, 15) is 4.79 Å². The van der Waals surface area contributed by atoms with E-state index in [1.54, 1.807) is 40.6 Å².